The van der Waals surface area contributed by atoms with E-state index in [-0.39, 0.29) is 17.4 Å². The first-order valence-electron chi connectivity index (χ1n) is 8.82. The van der Waals surface area contributed by atoms with Crippen LogP contribution < -0.4 is 5.32 Å². The van der Waals surface area contributed by atoms with E-state index in [0.717, 1.165) is 36.6 Å². The van der Waals surface area contributed by atoms with Crippen molar-refractivity contribution >= 4 is 5.91 Å². The average Bonchev–Trinajstić information content (AvgIpc) is 3.11. The van der Waals surface area contributed by atoms with Gasteiger partial charge in [0.2, 0.25) is 5.91 Å². The molecule has 1 aromatic rings. The number of aryl methyl sites for hydroxylation is 2. The Labute approximate surface area is 143 Å². The zero-order valence-corrected chi connectivity index (χ0v) is 15.4. The van der Waals surface area contributed by atoms with Crippen LogP contribution in [0.1, 0.15) is 43.7 Å². The highest BCUT2D eigenvalue weighted by Gasteiger charge is 2.59. The summed E-state index contributed by atoms with van der Waals surface area (Å²) in [6.45, 7) is 10.5. The van der Waals surface area contributed by atoms with Crippen molar-refractivity contribution in [3.63, 3.8) is 0 Å². The molecule has 1 amide bonds. The van der Waals surface area contributed by atoms with E-state index >= 15 is 0 Å². The molecule has 1 aliphatic carbocycles. The second-order valence-corrected chi connectivity index (χ2v) is 7.90. The van der Waals surface area contributed by atoms with Crippen LogP contribution in [-0.4, -0.2) is 48.3 Å². The first-order valence-corrected chi connectivity index (χ1v) is 8.82. The van der Waals surface area contributed by atoms with Crippen LogP contribution >= 0.6 is 0 Å². The standard InChI is InChI=1S/C18H29N3O3/c1-11-14(12(2)24-20-11)10-21(5)8-6-15(22)19-16-13-7-9-23-17(13)18(16,3)4/h13,16-17H,6-10H2,1-5H3,(H,19,22)/t13-,16+,17-/m0/s1. The number of fused-ring (bicyclic) bond motifs is 1. The minimum Gasteiger partial charge on any atom is -0.377 e. The predicted molar refractivity (Wildman–Crippen MR) is 90.5 cm³/mol. The molecular formula is C18H29N3O3. The fraction of sp³-hybridized carbons (Fsp3) is 0.778. The van der Waals surface area contributed by atoms with Gasteiger partial charge in [-0.25, -0.2) is 0 Å². The Kier molecular flexibility index (Phi) is 4.71. The van der Waals surface area contributed by atoms with Gasteiger partial charge in [0.15, 0.2) is 0 Å². The van der Waals surface area contributed by atoms with Crippen molar-refractivity contribution in [2.75, 3.05) is 20.2 Å². The van der Waals surface area contributed by atoms with Gasteiger partial charge in [0.1, 0.15) is 5.76 Å². The third-order valence-electron chi connectivity index (χ3n) is 5.75. The molecule has 0 unspecified atom stereocenters. The fourth-order valence-electron chi connectivity index (χ4n) is 4.23. The topological polar surface area (TPSA) is 67.6 Å². The number of hydrogen-bond acceptors (Lipinski definition) is 5. The molecular weight excluding hydrogens is 306 g/mol. The molecule has 3 rings (SSSR count). The summed E-state index contributed by atoms with van der Waals surface area (Å²) >= 11 is 0. The normalized spacial score (nSPS) is 27.8. The van der Waals surface area contributed by atoms with Gasteiger partial charge in [-0.05, 0) is 27.3 Å². The minimum atomic E-state index is 0.0411. The van der Waals surface area contributed by atoms with Crippen molar-refractivity contribution < 1.29 is 14.1 Å². The largest absolute Gasteiger partial charge is 0.377 e. The lowest BCUT2D eigenvalue weighted by Crippen LogP contribution is -2.66. The van der Waals surface area contributed by atoms with Gasteiger partial charge < -0.3 is 19.5 Å². The number of hydrogen-bond donors (Lipinski definition) is 1. The lowest BCUT2D eigenvalue weighted by molar-refractivity contribution is -0.138. The molecule has 0 bridgehead atoms. The summed E-state index contributed by atoms with van der Waals surface area (Å²) in [5, 5.41) is 7.21. The Bertz CT molecular complexity index is 591. The minimum absolute atomic E-state index is 0.0411. The molecule has 0 spiro atoms. The Morgan fingerprint density at radius 1 is 1.42 bits per heavy atom. The molecule has 0 aromatic carbocycles. The Balaban J connectivity index is 1.46. The number of ether oxygens (including phenoxy) is 1. The van der Waals surface area contributed by atoms with Gasteiger partial charge in [0.05, 0.1) is 11.8 Å². The Hall–Kier alpha value is -1.40. The number of amides is 1. The van der Waals surface area contributed by atoms with Gasteiger partial charge >= 0.3 is 0 Å². The van der Waals surface area contributed by atoms with Gasteiger partial charge in [0.25, 0.3) is 0 Å². The number of rotatable bonds is 6. The lowest BCUT2D eigenvalue weighted by Gasteiger charge is -2.54. The average molecular weight is 335 g/mol. The van der Waals surface area contributed by atoms with E-state index < -0.39 is 0 Å². The molecule has 6 nitrogen and oxygen atoms in total. The molecule has 6 heteroatoms. The SMILES string of the molecule is Cc1noc(C)c1CN(C)CCC(=O)N[C@@H]1[C@@H]2CCO[C@@H]2C1(C)C. The van der Waals surface area contributed by atoms with Gasteiger partial charge in [0, 0.05) is 49.1 Å². The summed E-state index contributed by atoms with van der Waals surface area (Å²) in [7, 11) is 2.02. The number of nitrogens with zero attached hydrogens (tertiary/aromatic N) is 2. The monoisotopic (exact) mass is 335 g/mol. The van der Waals surface area contributed by atoms with Crippen molar-refractivity contribution in [3.05, 3.63) is 17.0 Å². The van der Waals surface area contributed by atoms with Gasteiger partial charge in [-0.1, -0.05) is 19.0 Å². The highest BCUT2D eigenvalue weighted by molar-refractivity contribution is 5.76. The van der Waals surface area contributed by atoms with E-state index in [9.17, 15) is 4.79 Å². The zero-order chi connectivity index (χ0) is 17.5. The van der Waals surface area contributed by atoms with Crippen LogP contribution in [0.3, 0.4) is 0 Å². The second kappa shape index (κ2) is 6.48. The van der Waals surface area contributed by atoms with Crippen LogP contribution in [0.4, 0.5) is 0 Å². The van der Waals surface area contributed by atoms with Crippen molar-refractivity contribution in [1.82, 2.24) is 15.4 Å². The summed E-state index contributed by atoms with van der Waals surface area (Å²) in [5.41, 5.74) is 2.08. The maximum Gasteiger partial charge on any atom is 0.221 e. The first-order chi connectivity index (χ1) is 11.3. The van der Waals surface area contributed by atoms with Crippen molar-refractivity contribution in [2.24, 2.45) is 11.3 Å². The molecule has 1 saturated heterocycles. The molecule has 2 aliphatic rings. The van der Waals surface area contributed by atoms with Crippen molar-refractivity contribution in [1.29, 1.82) is 0 Å². The predicted octanol–water partition coefficient (Wildman–Crippen LogP) is 2.04. The number of carbonyl (C=O) groups excluding carboxylic acids is 1. The smallest absolute Gasteiger partial charge is 0.221 e. The van der Waals surface area contributed by atoms with E-state index in [1.807, 2.05) is 20.9 Å². The van der Waals surface area contributed by atoms with Gasteiger partial charge in [-0.2, -0.15) is 0 Å². The fourth-order valence-corrected chi connectivity index (χ4v) is 4.23. The number of nitrogens with one attached hydrogen (secondary N) is 1. The van der Waals surface area contributed by atoms with Gasteiger partial charge in [-0.15, -0.1) is 0 Å². The van der Waals surface area contributed by atoms with Crippen LogP contribution in [-0.2, 0) is 16.1 Å². The summed E-state index contributed by atoms with van der Waals surface area (Å²) in [4.78, 5) is 14.5. The molecule has 1 N–H and O–H groups in total. The zero-order valence-electron chi connectivity index (χ0n) is 15.4. The van der Waals surface area contributed by atoms with Crippen LogP contribution in [0.15, 0.2) is 4.52 Å². The Morgan fingerprint density at radius 3 is 2.83 bits per heavy atom. The lowest BCUT2D eigenvalue weighted by atomic mass is 9.57. The number of carbonyl (C=O) groups is 1. The van der Waals surface area contributed by atoms with Crippen LogP contribution in [0.5, 0.6) is 0 Å². The number of aromatic nitrogens is 1. The van der Waals surface area contributed by atoms with Crippen molar-refractivity contribution in [3.8, 4) is 0 Å². The highest BCUT2D eigenvalue weighted by Crippen LogP contribution is 2.52. The molecule has 1 aliphatic heterocycles. The molecule has 1 aromatic heterocycles. The van der Waals surface area contributed by atoms with Crippen molar-refractivity contribution in [2.45, 2.75) is 59.2 Å². The maximum absolute atomic E-state index is 12.4. The Morgan fingerprint density at radius 2 is 2.17 bits per heavy atom. The van der Waals surface area contributed by atoms with Gasteiger partial charge in [-0.3, -0.25) is 4.79 Å². The van der Waals surface area contributed by atoms with E-state index in [0.29, 0.717) is 25.0 Å². The van der Waals surface area contributed by atoms with E-state index in [4.69, 9.17) is 9.26 Å². The molecule has 2 heterocycles. The van der Waals surface area contributed by atoms with E-state index in [1.165, 1.54) is 0 Å². The summed E-state index contributed by atoms with van der Waals surface area (Å²) in [6, 6.07) is 0.241. The molecule has 3 atom stereocenters. The second-order valence-electron chi connectivity index (χ2n) is 7.90. The summed E-state index contributed by atoms with van der Waals surface area (Å²) in [6.07, 6.45) is 1.88. The van der Waals surface area contributed by atoms with Crippen LogP contribution in [0, 0.1) is 25.2 Å². The molecule has 2 fully saturated rings. The quantitative estimate of drug-likeness (QED) is 0.862. The molecule has 1 saturated carbocycles. The molecule has 134 valence electrons. The van der Waals surface area contributed by atoms with Crippen LogP contribution in [0.25, 0.3) is 0 Å². The van der Waals surface area contributed by atoms with Crippen LogP contribution in [0.2, 0.25) is 0 Å². The van der Waals surface area contributed by atoms with E-state index in [2.05, 4.69) is 29.2 Å². The molecule has 0 radical (unpaired) electrons. The maximum atomic E-state index is 12.4. The molecule has 24 heavy (non-hydrogen) atoms. The third-order valence-corrected chi connectivity index (χ3v) is 5.75. The highest BCUT2D eigenvalue weighted by atomic mass is 16.5. The van der Waals surface area contributed by atoms with E-state index in [1.54, 1.807) is 0 Å². The summed E-state index contributed by atoms with van der Waals surface area (Å²) in [5.74, 6) is 1.47. The first kappa shape index (κ1) is 17.4. The summed E-state index contributed by atoms with van der Waals surface area (Å²) < 4.78 is 11.0. The third kappa shape index (κ3) is 3.09.